The van der Waals surface area contributed by atoms with Crippen LogP contribution in [0, 0.1) is 11.8 Å². The summed E-state index contributed by atoms with van der Waals surface area (Å²) in [6, 6.07) is 5.42. The molecule has 2 aromatic rings. The fraction of sp³-hybridized carbons (Fsp3) is 0.545. The first-order chi connectivity index (χ1) is 13.9. The molecule has 3 aliphatic heterocycles. The second-order valence-corrected chi connectivity index (χ2v) is 8.62. The number of benzene rings is 1. The highest BCUT2D eigenvalue weighted by Crippen LogP contribution is 2.56. The number of esters is 1. The third-order valence-electron chi connectivity index (χ3n) is 7.34. The van der Waals surface area contributed by atoms with Gasteiger partial charge in [-0.1, -0.05) is 0 Å². The van der Waals surface area contributed by atoms with E-state index in [1.54, 1.807) is 14.0 Å². The lowest BCUT2D eigenvalue weighted by atomic mass is 9.55. The number of carbonyl (C=O) groups is 2. The second-order valence-electron chi connectivity index (χ2n) is 8.62. The molecule has 0 radical (unpaired) electrons. The Balaban J connectivity index is 1.81. The van der Waals surface area contributed by atoms with Crippen molar-refractivity contribution in [3.63, 3.8) is 0 Å². The Kier molecular flexibility index (Phi) is 3.97. The van der Waals surface area contributed by atoms with Gasteiger partial charge in [0.2, 0.25) is 5.91 Å². The number of ether oxygens (including phenoxy) is 2. The third-order valence-corrected chi connectivity index (χ3v) is 7.34. The summed E-state index contributed by atoms with van der Waals surface area (Å²) >= 11 is 0. The van der Waals surface area contributed by atoms with Crippen LogP contribution in [-0.2, 0) is 26.2 Å². The van der Waals surface area contributed by atoms with Gasteiger partial charge < -0.3 is 24.5 Å². The number of amides is 1. The Hall–Kier alpha value is -2.54. The number of nitrogens with zero attached hydrogens (tertiary/aromatic N) is 1. The van der Waals surface area contributed by atoms with E-state index in [1.807, 2.05) is 23.1 Å². The number of aliphatic hydroxyl groups excluding tert-OH is 1. The number of aromatic nitrogens is 1. The van der Waals surface area contributed by atoms with Gasteiger partial charge in [-0.25, -0.2) is 0 Å². The van der Waals surface area contributed by atoms with E-state index in [2.05, 4.69) is 4.98 Å². The van der Waals surface area contributed by atoms with E-state index in [4.69, 9.17) is 9.47 Å². The molecular formula is C22H26N2O5. The summed E-state index contributed by atoms with van der Waals surface area (Å²) in [5.74, 6) is 0.0527. The average Bonchev–Trinajstić information content (AvgIpc) is 3.04. The van der Waals surface area contributed by atoms with Crippen molar-refractivity contribution in [2.75, 3.05) is 20.8 Å². The van der Waals surface area contributed by atoms with E-state index in [9.17, 15) is 14.7 Å². The molecule has 1 saturated carbocycles. The Morgan fingerprint density at radius 2 is 2.17 bits per heavy atom. The zero-order valence-corrected chi connectivity index (χ0v) is 16.9. The number of hydrogen-bond acceptors (Lipinski definition) is 5. The van der Waals surface area contributed by atoms with Gasteiger partial charge in [-0.3, -0.25) is 9.59 Å². The summed E-state index contributed by atoms with van der Waals surface area (Å²) in [6.45, 7) is 2.28. The van der Waals surface area contributed by atoms with E-state index in [0.717, 1.165) is 27.9 Å². The van der Waals surface area contributed by atoms with Crippen LogP contribution in [0.3, 0.4) is 0 Å². The number of piperidine rings is 2. The number of carbonyl (C=O) groups excluding carboxylic acids is 2. The molecule has 154 valence electrons. The van der Waals surface area contributed by atoms with Gasteiger partial charge in [0.05, 0.1) is 26.4 Å². The Bertz CT molecular complexity index is 1010. The van der Waals surface area contributed by atoms with Crippen molar-refractivity contribution < 1.29 is 24.2 Å². The van der Waals surface area contributed by atoms with Crippen LogP contribution in [0.15, 0.2) is 18.2 Å². The summed E-state index contributed by atoms with van der Waals surface area (Å²) in [5, 5.41) is 11.5. The standard InChI is InChI=1S/C22H26N2O5/c1-11(25)15-8-12-10-22(21(27)29-3)18-14(6-7-24(19(15)22)20(12)26)16-9-13(28-2)4-5-17(16)23-18/h4-5,9,11-12,15,19,23,25H,6-8,10H2,1-3H3/t11-,12+,15-,19+,22-/m1/s1. The predicted molar refractivity (Wildman–Crippen MR) is 106 cm³/mol. The van der Waals surface area contributed by atoms with Crippen LogP contribution in [0.2, 0.25) is 0 Å². The highest BCUT2D eigenvalue weighted by Gasteiger charge is 2.66. The second kappa shape index (κ2) is 6.23. The summed E-state index contributed by atoms with van der Waals surface area (Å²) in [7, 11) is 3.03. The molecular weight excluding hydrogens is 372 g/mol. The predicted octanol–water partition coefficient (Wildman–Crippen LogP) is 1.76. The monoisotopic (exact) mass is 398 g/mol. The molecule has 4 aliphatic rings. The maximum absolute atomic E-state index is 13.4. The smallest absolute Gasteiger partial charge is 0.319 e. The summed E-state index contributed by atoms with van der Waals surface area (Å²) in [4.78, 5) is 31.8. The van der Waals surface area contributed by atoms with Crippen LogP contribution < -0.4 is 4.74 Å². The first-order valence-electron chi connectivity index (χ1n) is 10.2. The van der Waals surface area contributed by atoms with E-state index < -0.39 is 17.6 Å². The van der Waals surface area contributed by atoms with Gasteiger partial charge in [0.25, 0.3) is 0 Å². The number of methoxy groups -OCH3 is 2. The Morgan fingerprint density at radius 1 is 1.38 bits per heavy atom. The quantitative estimate of drug-likeness (QED) is 0.769. The molecule has 1 aromatic carbocycles. The van der Waals surface area contributed by atoms with Crippen LogP contribution >= 0.6 is 0 Å². The maximum atomic E-state index is 13.4. The lowest BCUT2D eigenvalue weighted by Gasteiger charge is -2.57. The van der Waals surface area contributed by atoms with Gasteiger partial charge in [-0.2, -0.15) is 0 Å². The maximum Gasteiger partial charge on any atom is 0.319 e. The van der Waals surface area contributed by atoms with Crippen LogP contribution in [0.5, 0.6) is 5.75 Å². The minimum Gasteiger partial charge on any atom is -0.497 e. The van der Waals surface area contributed by atoms with E-state index in [-0.39, 0.29) is 23.7 Å². The molecule has 7 nitrogen and oxygen atoms in total. The number of nitrogens with one attached hydrogen (secondary N) is 1. The fourth-order valence-corrected chi connectivity index (χ4v) is 6.15. The molecule has 3 fully saturated rings. The summed E-state index contributed by atoms with van der Waals surface area (Å²) < 4.78 is 10.7. The van der Waals surface area contributed by atoms with E-state index in [0.29, 0.717) is 25.8 Å². The largest absolute Gasteiger partial charge is 0.497 e. The van der Waals surface area contributed by atoms with Crippen molar-refractivity contribution >= 4 is 22.8 Å². The lowest BCUT2D eigenvalue weighted by Crippen LogP contribution is -2.70. The SMILES string of the molecule is COC(=O)[C@@]12C[C@@H]3C[C@H]([C@@H](C)O)[C@@H]1N(CCc1c2[nH]c2ccc(OC)cc12)C3=O. The normalized spacial score (nSPS) is 31.4. The Labute approximate surface area is 169 Å². The number of H-pyrrole nitrogens is 1. The van der Waals surface area contributed by atoms with Crippen molar-refractivity contribution in [3.05, 3.63) is 29.5 Å². The van der Waals surface area contributed by atoms with Gasteiger partial charge in [0.15, 0.2) is 0 Å². The number of aromatic amines is 1. The summed E-state index contributed by atoms with van der Waals surface area (Å²) in [5.41, 5.74) is 1.82. The number of aliphatic hydroxyl groups is 1. The highest BCUT2D eigenvalue weighted by atomic mass is 16.5. The molecule has 4 bridgehead atoms. The average molecular weight is 398 g/mol. The molecule has 7 heteroatoms. The molecule has 6 rings (SSSR count). The molecule has 5 atom stereocenters. The zero-order chi connectivity index (χ0) is 20.5. The molecule has 0 unspecified atom stereocenters. The molecule has 29 heavy (non-hydrogen) atoms. The Morgan fingerprint density at radius 3 is 2.86 bits per heavy atom. The van der Waals surface area contributed by atoms with Crippen molar-refractivity contribution in [2.45, 2.75) is 43.7 Å². The molecule has 2 N–H and O–H groups in total. The van der Waals surface area contributed by atoms with Gasteiger partial charge in [0.1, 0.15) is 11.2 Å². The first-order valence-corrected chi connectivity index (χ1v) is 10.2. The van der Waals surface area contributed by atoms with Crippen molar-refractivity contribution in [1.29, 1.82) is 0 Å². The van der Waals surface area contributed by atoms with Crippen molar-refractivity contribution in [1.82, 2.24) is 9.88 Å². The molecule has 1 amide bonds. The van der Waals surface area contributed by atoms with Crippen LogP contribution in [0.25, 0.3) is 10.9 Å². The third kappa shape index (κ3) is 2.28. The first kappa shape index (κ1) is 18.5. The zero-order valence-electron chi connectivity index (χ0n) is 16.9. The topological polar surface area (TPSA) is 91.9 Å². The molecule has 2 saturated heterocycles. The summed E-state index contributed by atoms with van der Waals surface area (Å²) in [6.07, 6.45) is 1.05. The van der Waals surface area contributed by atoms with Crippen molar-refractivity contribution in [3.8, 4) is 5.75 Å². The fourth-order valence-electron chi connectivity index (χ4n) is 6.15. The van der Waals surface area contributed by atoms with Gasteiger partial charge >= 0.3 is 5.97 Å². The van der Waals surface area contributed by atoms with Crippen LogP contribution in [-0.4, -0.2) is 59.8 Å². The van der Waals surface area contributed by atoms with Crippen LogP contribution in [0.4, 0.5) is 0 Å². The van der Waals surface area contributed by atoms with Gasteiger partial charge in [-0.15, -0.1) is 0 Å². The number of fused-ring (bicyclic) bond motifs is 4. The minimum atomic E-state index is -0.995. The van der Waals surface area contributed by atoms with E-state index >= 15 is 0 Å². The van der Waals surface area contributed by atoms with Crippen LogP contribution in [0.1, 0.15) is 31.0 Å². The number of hydrogen-bond donors (Lipinski definition) is 2. The molecule has 1 aromatic heterocycles. The minimum absolute atomic E-state index is 0.0958. The van der Waals surface area contributed by atoms with Gasteiger partial charge in [0, 0.05) is 35.0 Å². The molecule has 4 heterocycles. The highest BCUT2D eigenvalue weighted by molar-refractivity contribution is 5.95. The lowest BCUT2D eigenvalue weighted by molar-refractivity contribution is -0.176. The molecule has 1 aliphatic carbocycles. The van der Waals surface area contributed by atoms with Crippen molar-refractivity contribution in [2.24, 2.45) is 11.8 Å². The molecule has 0 spiro atoms. The van der Waals surface area contributed by atoms with Gasteiger partial charge in [-0.05, 0) is 49.9 Å². The number of rotatable bonds is 3. The van der Waals surface area contributed by atoms with E-state index in [1.165, 1.54) is 7.11 Å².